The Bertz CT molecular complexity index is 548. The van der Waals surface area contributed by atoms with Crippen molar-refractivity contribution < 1.29 is 4.79 Å². The first kappa shape index (κ1) is 17.4. The lowest BCUT2D eigenvalue weighted by atomic mass is 9.79. The van der Waals surface area contributed by atoms with Crippen molar-refractivity contribution in [1.82, 2.24) is 15.2 Å². The molecule has 0 bridgehead atoms. The van der Waals surface area contributed by atoms with Crippen molar-refractivity contribution in [2.45, 2.75) is 63.5 Å². The molecule has 0 radical (unpaired) electrons. The molecule has 2 heterocycles. The van der Waals surface area contributed by atoms with Gasteiger partial charge in [0, 0.05) is 30.4 Å². The Morgan fingerprint density at radius 1 is 1.17 bits per heavy atom. The average molecular weight is 330 g/mol. The van der Waals surface area contributed by atoms with Crippen molar-refractivity contribution in [1.29, 1.82) is 0 Å². The number of hydrogen-bond donors (Lipinski definition) is 2. The summed E-state index contributed by atoms with van der Waals surface area (Å²) >= 11 is 0. The molecule has 1 aromatic rings. The van der Waals surface area contributed by atoms with Gasteiger partial charge in [0.25, 0.3) is 5.91 Å². The van der Waals surface area contributed by atoms with Crippen molar-refractivity contribution in [3.05, 3.63) is 29.6 Å². The van der Waals surface area contributed by atoms with E-state index in [4.69, 9.17) is 5.73 Å². The molecule has 132 valence electrons. The lowest BCUT2D eigenvalue weighted by Gasteiger charge is -2.48. The standard InChI is InChI=1S/C19H30N4O/c20-14-17-13-16(7-10-21-17)18(24)22-15-19(8-3-1-4-9-19)23-11-5-2-6-12-23/h7,10,13H,1-6,8-9,11-12,14-15,20H2,(H,22,24). The van der Waals surface area contributed by atoms with Crippen LogP contribution in [0.4, 0.5) is 0 Å². The highest BCUT2D eigenvalue weighted by atomic mass is 16.1. The molecule has 0 atom stereocenters. The van der Waals surface area contributed by atoms with Crippen LogP contribution in [0.2, 0.25) is 0 Å². The van der Waals surface area contributed by atoms with Crippen LogP contribution in [0.15, 0.2) is 18.3 Å². The number of carbonyl (C=O) groups excluding carboxylic acids is 1. The molecular weight excluding hydrogens is 300 g/mol. The second-order valence-corrected chi connectivity index (χ2v) is 7.26. The Balaban J connectivity index is 1.67. The van der Waals surface area contributed by atoms with Crippen molar-refractivity contribution in [3.8, 4) is 0 Å². The van der Waals surface area contributed by atoms with E-state index in [2.05, 4.69) is 15.2 Å². The fourth-order valence-electron chi connectivity index (χ4n) is 4.26. The molecule has 1 amide bonds. The number of nitrogens with two attached hydrogens (primary N) is 1. The third kappa shape index (κ3) is 3.95. The van der Waals surface area contributed by atoms with Gasteiger partial charge < -0.3 is 11.1 Å². The Morgan fingerprint density at radius 3 is 2.58 bits per heavy atom. The van der Waals surface area contributed by atoms with Crippen LogP contribution >= 0.6 is 0 Å². The molecule has 1 saturated heterocycles. The summed E-state index contributed by atoms with van der Waals surface area (Å²) in [5.41, 5.74) is 7.21. The Morgan fingerprint density at radius 2 is 1.88 bits per heavy atom. The van der Waals surface area contributed by atoms with Crippen LogP contribution in [0.3, 0.4) is 0 Å². The average Bonchev–Trinajstić information content (AvgIpc) is 2.67. The van der Waals surface area contributed by atoms with Crippen LogP contribution in [0.5, 0.6) is 0 Å². The molecule has 1 saturated carbocycles. The minimum Gasteiger partial charge on any atom is -0.350 e. The Hall–Kier alpha value is -1.46. The highest BCUT2D eigenvalue weighted by Crippen LogP contribution is 2.35. The zero-order valence-corrected chi connectivity index (χ0v) is 14.6. The third-order valence-electron chi connectivity index (χ3n) is 5.68. The SMILES string of the molecule is NCc1cc(C(=O)NCC2(N3CCCCC3)CCCCC2)ccn1. The first-order valence-electron chi connectivity index (χ1n) is 9.42. The number of aromatic nitrogens is 1. The van der Waals surface area contributed by atoms with Crippen molar-refractivity contribution in [3.63, 3.8) is 0 Å². The van der Waals surface area contributed by atoms with E-state index in [0.717, 1.165) is 12.2 Å². The summed E-state index contributed by atoms with van der Waals surface area (Å²) < 4.78 is 0. The van der Waals surface area contributed by atoms with Crippen LogP contribution in [0, 0.1) is 0 Å². The second-order valence-electron chi connectivity index (χ2n) is 7.26. The predicted octanol–water partition coefficient (Wildman–Crippen LogP) is 2.46. The van der Waals surface area contributed by atoms with E-state index in [0.29, 0.717) is 12.1 Å². The molecule has 5 nitrogen and oxygen atoms in total. The molecule has 5 heteroatoms. The van der Waals surface area contributed by atoms with Crippen molar-refractivity contribution >= 4 is 5.91 Å². The van der Waals surface area contributed by atoms with E-state index in [1.54, 1.807) is 18.3 Å². The minimum atomic E-state index is -0.00550. The third-order valence-corrected chi connectivity index (χ3v) is 5.68. The van der Waals surface area contributed by atoms with Gasteiger partial charge in [-0.25, -0.2) is 0 Å². The summed E-state index contributed by atoms with van der Waals surface area (Å²) in [5, 5.41) is 3.21. The summed E-state index contributed by atoms with van der Waals surface area (Å²) in [7, 11) is 0. The summed E-state index contributed by atoms with van der Waals surface area (Å²) in [6, 6.07) is 3.56. The first-order valence-corrected chi connectivity index (χ1v) is 9.42. The van der Waals surface area contributed by atoms with Gasteiger partial charge in [-0.1, -0.05) is 25.7 Å². The lowest BCUT2D eigenvalue weighted by Crippen LogP contribution is -2.58. The lowest BCUT2D eigenvalue weighted by molar-refractivity contribution is 0.0326. The molecule has 0 unspecified atom stereocenters. The van der Waals surface area contributed by atoms with Crippen molar-refractivity contribution in [2.75, 3.05) is 19.6 Å². The quantitative estimate of drug-likeness (QED) is 0.870. The molecule has 1 aliphatic heterocycles. The van der Waals surface area contributed by atoms with Gasteiger partial charge in [-0.05, 0) is 50.9 Å². The minimum absolute atomic E-state index is 0.00550. The van der Waals surface area contributed by atoms with E-state index in [-0.39, 0.29) is 11.4 Å². The monoisotopic (exact) mass is 330 g/mol. The van der Waals surface area contributed by atoms with E-state index >= 15 is 0 Å². The van der Waals surface area contributed by atoms with Gasteiger partial charge in [0.05, 0.1) is 5.69 Å². The van der Waals surface area contributed by atoms with Crippen LogP contribution in [-0.4, -0.2) is 41.0 Å². The number of hydrogen-bond acceptors (Lipinski definition) is 4. The zero-order chi connectivity index (χ0) is 16.8. The number of nitrogens with zero attached hydrogens (tertiary/aromatic N) is 2. The van der Waals surface area contributed by atoms with Gasteiger partial charge in [-0.3, -0.25) is 14.7 Å². The topological polar surface area (TPSA) is 71.2 Å². The number of rotatable bonds is 5. The summed E-state index contributed by atoms with van der Waals surface area (Å²) in [6.45, 7) is 3.48. The number of likely N-dealkylation sites (tertiary alicyclic amines) is 1. The van der Waals surface area contributed by atoms with Crippen LogP contribution in [-0.2, 0) is 6.54 Å². The van der Waals surface area contributed by atoms with E-state index in [9.17, 15) is 4.79 Å². The van der Waals surface area contributed by atoms with E-state index in [1.807, 2.05) is 0 Å². The van der Waals surface area contributed by atoms with Gasteiger partial charge in [-0.2, -0.15) is 0 Å². The number of amides is 1. The van der Waals surface area contributed by atoms with Crippen LogP contribution in [0.25, 0.3) is 0 Å². The van der Waals surface area contributed by atoms with E-state index in [1.165, 1.54) is 64.5 Å². The molecule has 3 N–H and O–H groups in total. The first-order chi connectivity index (χ1) is 11.7. The summed E-state index contributed by atoms with van der Waals surface area (Å²) in [6.07, 6.45) is 11.9. The number of pyridine rings is 1. The van der Waals surface area contributed by atoms with E-state index < -0.39 is 0 Å². The molecule has 1 aliphatic carbocycles. The highest BCUT2D eigenvalue weighted by Gasteiger charge is 2.38. The van der Waals surface area contributed by atoms with Crippen LogP contribution < -0.4 is 11.1 Å². The normalized spacial score (nSPS) is 21.4. The smallest absolute Gasteiger partial charge is 0.251 e. The van der Waals surface area contributed by atoms with Gasteiger partial charge >= 0.3 is 0 Å². The predicted molar refractivity (Wildman–Crippen MR) is 95.7 cm³/mol. The molecule has 2 fully saturated rings. The molecule has 3 rings (SSSR count). The maximum absolute atomic E-state index is 12.6. The maximum Gasteiger partial charge on any atom is 0.251 e. The Labute approximate surface area is 145 Å². The second kappa shape index (κ2) is 8.08. The fourth-order valence-corrected chi connectivity index (χ4v) is 4.26. The molecule has 0 aromatic carbocycles. The zero-order valence-electron chi connectivity index (χ0n) is 14.6. The fraction of sp³-hybridized carbons (Fsp3) is 0.684. The molecule has 24 heavy (non-hydrogen) atoms. The Kier molecular flexibility index (Phi) is 5.85. The number of nitrogens with one attached hydrogen (secondary N) is 1. The number of piperidine rings is 1. The van der Waals surface area contributed by atoms with Gasteiger partial charge in [0.1, 0.15) is 0 Å². The van der Waals surface area contributed by atoms with Gasteiger partial charge in [-0.15, -0.1) is 0 Å². The summed E-state index contributed by atoms with van der Waals surface area (Å²) in [5.74, 6) is -0.00550. The van der Waals surface area contributed by atoms with Gasteiger partial charge in [0.2, 0.25) is 0 Å². The molecular formula is C19H30N4O. The van der Waals surface area contributed by atoms with Crippen LogP contribution in [0.1, 0.15) is 67.4 Å². The highest BCUT2D eigenvalue weighted by molar-refractivity contribution is 5.94. The van der Waals surface area contributed by atoms with Gasteiger partial charge in [0.15, 0.2) is 0 Å². The number of carbonyl (C=O) groups is 1. The molecule has 2 aliphatic rings. The molecule has 0 spiro atoms. The van der Waals surface area contributed by atoms with Crippen molar-refractivity contribution in [2.24, 2.45) is 5.73 Å². The molecule has 1 aromatic heterocycles. The summed E-state index contributed by atoms with van der Waals surface area (Å²) in [4.78, 5) is 19.4. The largest absolute Gasteiger partial charge is 0.350 e. The maximum atomic E-state index is 12.6.